The fourth-order valence-electron chi connectivity index (χ4n) is 1.82. The van der Waals surface area contributed by atoms with Crippen molar-refractivity contribution in [3.63, 3.8) is 0 Å². The second-order valence-electron chi connectivity index (χ2n) is 4.22. The van der Waals surface area contributed by atoms with Crippen molar-refractivity contribution in [1.82, 2.24) is 25.1 Å². The molecular weight excluding hydrogens is 322 g/mol. The second-order valence-corrected chi connectivity index (χ2v) is 5.13. The van der Waals surface area contributed by atoms with Gasteiger partial charge < -0.3 is 4.90 Å². The molecule has 0 aliphatic rings. The lowest BCUT2D eigenvalue weighted by atomic mass is 10.2. The highest BCUT2D eigenvalue weighted by atomic mass is 79.9. The Kier molecular flexibility index (Phi) is 4.84. The first kappa shape index (κ1) is 14.6. The normalized spacial score (nSPS) is 10.6. The molecule has 0 atom stereocenters. The van der Waals surface area contributed by atoms with E-state index in [4.69, 9.17) is 0 Å². The molecule has 20 heavy (non-hydrogen) atoms. The van der Waals surface area contributed by atoms with E-state index in [9.17, 15) is 4.79 Å². The molecule has 0 fully saturated rings. The Balaban J connectivity index is 2.09. The van der Waals surface area contributed by atoms with Crippen LogP contribution in [0.4, 0.5) is 0 Å². The zero-order valence-corrected chi connectivity index (χ0v) is 13.0. The Morgan fingerprint density at radius 1 is 1.25 bits per heavy atom. The van der Waals surface area contributed by atoms with Crippen molar-refractivity contribution in [3.8, 4) is 11.4 Å². The van der Waals surface area contributed by atoms with Crippen LogP contribution in [0.3, 0.4) is 0 Å². The van der Waals surface area contributed by atoms with Crippen molar-refractivity contribution in [2.45, 2.75) is 20.4 Å². The van der Waals surface area contributed by atoms with E-state index >= 15 is 0 Å². The van der Waals surface area contributed by atoms with E-state index < -0.39 is 0 Å². The number of halogens is 1. The monoisotopic (exact) mass is 337 g/mol. The Labute approximate surface area is 125 Å². The van der Waals surface area contributed by atoms with Crippen LogP contribution >= 0.6 is 15.9 Å². The molecule has 6 nitrogen and oxygen atoms in total. The largest absolute Gasteiger partial charge is 0.342 e. The molecule has 0 aliphatic heterocycles. The molecule has 2 rings (SSSR count). The minimum absolute atomic E-state index is 0.00486. The smallest absolute Gasteiger partial charge is 0.246 e. The number of nitrogens with zero attached hydrogens (tertiary/aromatic N) is 5. The Bertz CT molecular complexity index is 577. The predicted molar refractivity (Wildman–Crippen MR) is 78.9 cm³/mol. The molecule has 0 radical (unpaired) electrons. The van der Waals surface area contributed by atoms with Crippen molar-refractivity contribution in [2.24, 2.45) is 0 Å². The van der Waals surface area contributed by atoms with Crippen LogP contribution in [0.1, 0.15) is 13.8 Å². The number of carbonyl (C=O) groups is 1. The van der Waals surface area contributed by atoms with Crippen LogP contribution in [0.5, 0.6) is 0 Å². The maximum absolute atomic E-state index is 12.0. The second kappa shape index (κ2) is 6.60. The summed E-state index contributed by atoms with van der Waals surface area (Å²) >= 11 is 3.38. The summed E-state index contributed by atoms with van der Waals surface area (Å²) in [5.74, 6) is 0.514. The lowest BCUT2D eigenvalue weighted by Gasteiger charge is -2.17. The first-order valence-electron chi connectivity index (χ1n) is 6.45. The molecule has 0 saturated carbocycles. The van der Waals surface area contributed by atoms with Gasteiger partial charge in [0.25, 0.3) is 0 Å². The predicted octanol–water partition coefficient (Wildman–Crippen LogP) is 1.97. The zero-order valence-electron chi connectivity index (χ0n) is 11.5. The quantitative estimate of drug-likeness (QED) is 0.836. The molecule has 1 heterocycles. The molecule has 7 heteroatoms. The van der Waals surface area contributed by atoms with Gasteiger partial charge in [-0.1, -0.05) is 15.9 Å². The standard InChI is InChI=1S/C13H16BrN5O/c1-3-18(4-2)12(20)9-19-16-13(15-17-19)10-5-7-11(14)8-6-10/h5-8H,3-4,9H2,1-2H3. The molecular formula is C13H16BrN5O. The molecule has 0 saturated heterocycles. The van der Waals surface area contributed by atoms with Crippen molar-refractivity contribution in [3.05, 3.63) is 28.7 Å². The Morgan fingerprint density at radius 2 is 1.90 bits per heavy atom. The van der Waals surface area contributed by atoms with Gasteiger partial charge in [-0.15, -0.1) is 10.2 Å². The molecule has 0 unspecified atom stereocenters. The van der Waals surface area contributed by atoms with Crippen LogP contribution < -0.4 is 0 Å². The number of hydrogen-bond donors (Lipinski definition) is 0. The first-order chi connectivity index (χ1) is 9.63. The summed E-state index contributed by atoms with van der Waals surface area (Å²) in [6.07, 6.45) is 0. The number of rotatable bonds is 5. The molecule has 2 aromatic rings. The fraction of sp³-hybridized carbons (Fsp3) is 0.385. The maximum Gasteiger partial charge on any atom is 0.246 e. The van der Waals surface area contributed by atoms with Gasteiger partial charge in [0, 0.05) is 23.1 Å². The summed E-state index contributed by atoms with van der Waals surface area (Å²) in [5.41, 5.74) is 0.870. The average molecular weight is 338 g/mol. The third-order valence-corrected chi connectivity index (χ3v) is 3.48. The topological polar surface area (TPSA) is 63.9 Å². The third kappa shape index (κ3) is 3.41. The van der Waals surface area contributed by atoms with Gasteiger partial charge in [0.15, 0.2) is 0 Å². The SMILES string of the molecule is CCN(CC)C(=O)Cn1nnc(-c2ccc(Br)cc2)n1. The van der Waals surface area contributed by atoms with Crippen LogP contribution in [-0.2, 0) is 11.3 Å². The van der Waals surface area contributed by atoms with Gasteiger partial charge in [0.2, 0.25) is 11.7 Å². The average Bonchev–Trinajstić information content (AvgIpc) is 2.89. The van der Waals surface area contributed by atoms with Gasteiger partial charge >= 0.3 is 0 Å². The van der Waals surface area contributed by atoms with E-state index in [1.54, 1.807) is 4.90 Å². The highest BCUT2D eigenvalue weighted by Gasteiger charge is 2.13. The number of hydrogen-bond acceptors (Lipinski definition) is 4. The zero-order chi connectivity index (χ0) is 14.5. The van der Waals surface area contributed by atoms with Gasteiger partial charge in [0.05, 0.1) is 0 Å². The van der Waals surface area contributed by atoms with E-state index in [1.807, 2.05) is 38.1 Å². The summed E-state index contributed by atoms with van der Waals surface area (Å²) in [6, 6.07) is 7.63. The molecule has 1 aromatic heterocycles. The molecule has 106 valence electrons. The van der Waals surface area contributed by atoms with E-state index in [0.717, 1.165) is 10.0 Å². The van der Waals surface area contributed by atoms with E-state index in [2.05, 4.69) is 31.3 Å². The van der Waals surface area contributed by atoms with Crippen molar-refractivity contribution in [1.29, 1.82) is 0 Å². The minimum atomic E-state index is -0.00486. The van der Waals surface area contributed by atoms with Gasteiger partial charge in [0.1, 0.15) is 6.54 Å². The van der Waals surface area contributed by atoms with Crippen LogP contribution in [-0.4, -0.2) is 44.1 Å². The van der Waals surface area contributed by atoms with Gasteiger partial charge in [-0.25, -0.2) is 0 Å². The van der Waals surface area contributed by atoms with E-state index in [-0.39, 0.29) is 12.5 Å². The molecule has 1 aromatic carbocycles. The number of likely N-dealkylation sites (N-methyl/N-ethyl adjacent to an activating group) is 1. The van der Waals surface area contributed by atoms with Gasteiger partial charge in [-0.05, 0) is 43.3 Å². The summed E-state index contributed by atoms with van der Waals surface area (Å²) in [7, 11) is 0. The summed E-state index contributed by atoms with van der Waals surface area (Å²) in [4.78, 5) is 15.0. The lowest BCUT2D eigenvalue weighted by molar-refractivity contribution is -0.131. The highest BCUT2D eigenvalue weighted by Crippen LogP contribution is 2.17. The number of carbonyl (C=O) groups excluding carboxylic acids is 1. The molecule has 1 amide bonds. The first-order valence-corrected chi connectivity index (χ1v) is 7.24. The van der Waals surface area contributed by atoms with Crippen LogP contribution in [0.2, 0.25) is 0 Å². The van der Waals surface area contributed by atoms with Crippen LogP contribution in [0.15, 0.2) is 28.7 Å². The van der Waals surface area contributed by atoms with Gasteiger partial charge in [-0.2, -0.15) is 4.80 Å². The number of benzene rings is 1. The lowest BCUT2D eigenvalue weighted by Crippen LogP contribution is -2.34. The maximum atomic E-state index is 12.0. The summed E-state index contributed by atoms with van der Waals surface area (Å²) in [6.45, 7) is 5.38. The fourth-order valence-corrected chi connectivity index (χ4v) is 2.09. The minimum Gasteiger partial charge on any atom is -0.342 e. The molecule has 0 N–H and O–H groups in total. The van der Waals surface area contributed by atoms with Crippen LogP contribution in [0.25, 0.3) is 11.4 Å². The van der Waals surface area contributed by atoms with Gasteiger partial charge in [-0.3, -0.25) is 4.79 Å². The van der Waals surface area contributed by atoms with Crippen molar-refractivity contribution in [2.75, 3.05) is 13.1 Å². The highest BCUT2D eigenvalue weighted by molar-refractivity contribution is 9.10. The number of tetrazole rings is 1. The Morgan fingerprint density at radius 3 is 2.50 bits per heavy atom. The van der Waals surface area contributed by atoms with E-state index in [1.165, 1.54) is 4.80 Å². The summed E-state index contributed by atoms with van der Waals surface area (Å²) in [5, 5.41) is 12.1. The number of amides is 1. The molecule has 0 aliphatic carbocycles. The van der Waals surface area contributed by atoms with Crippen molar-refractivity contribution < 1.29 is 4.79 Å². The third-order valence-electron chi connectivity index (χ3n) is 2.95. The van der Waals surface area contributed by atoms with Crippen molar-refractivity contribution >= 4 is 21.8 Å². The molecule has 0 spiro atoms. The Hall–Kier alpha value is -1.76. The summed E-state index contributed by atoms with van der Waals surface area (Å²) < 4.78 is 0.991. The molecule has 0 bridgehead atoms. The number of aromatic nitrogens is 4. The van der Waals surface area contributed by atoms with E-state index in [0.29, 0.717) is 18.9 Å². The van der Waals surface area contributed by atoms with Crippen LogP contribution in [0, 0.1) is 0 Å².